The molecule has 19 heavy (non-hydrogen) atoms. The molecule has 0 amide bonds. The summed E-state index contributed by atoms with van der Waals surface area (Å²) in [6, 6.07) is 10.7. The van der Waals surface area contributed by atoms with E-state index in [0.29, 0.717) is 5.56 Å². The average molecular weight is 297 g/mol. The summed E-state index contributed by atoms with van der Waals surface area (Å²) in [6.07, 6.45) is -0.0296. The third kappa shape index (κ3) is 4.01. The zero-order chi connectivity index (χ0) is 14.5. The molecule has 2 unspecified atom stereocenters. The predicted octanol–water partition coefficient (Wildman–Crippen LogP) is 2.82. The van der Waals surface area contributed by atoms with E-state index in [4.69, 9.17) is 5.11 Å². The molecule has 0 heterocycles. The van der Waals surface area contributed by atoms with Crippen LogP contribution in [0.1, 0.15) is 30.1 Å². The Bertz CT molecular complexity index is 512. The maximum absolute atomic E-state index is 12.2. The lowest BCUT2D eigenvalue weighted by atomic mass is 10.1. The van der Waals surface area contributed by atoms with Crippen LogP contribution in [0.15, 0.2) is 30.3 Å². The van der Waals surface area contributed by atoms with Gasteiger partial charge in [0.25, 0.3) is 0 Å². The molecule has 1 aromatic carbocycles. The maximum Gasteiger partial charge on any atom is 0.303 e. The molecular weight excluding hydrogens is 282 g/mol. The molecule has 2 atom stereocenters. The molecule has 0 radical (unpaired) electrons. The third-order valence-electron chi connectivity index (χ3n) is 2.75. The first-order chi connectivity index (χ1) is 8.90. The van der Waals surface area contributed by atoms with Gasteiger partial charge in [-0.2, -0.15) is 5.26 Å². The Morgan fingerprint density at radius 3 is 2.47 bits per heavy atom. The number of thiol groups is 2. The Morgan fingerprint density at radius 2 is 2.00 bits per heavy atom. The highest BCUT2D eigenvalue weighted by molar-refractivity contribution is 8.85. The average Bonchev–Trinajstić information content (AvgIpc) is 2.44. The van der Waals surface area contributed by atoms with Crippen LogP contribution in [0.4, 0.5) is 0 Å². The summed E-state index contributed by atoms with van der Waals surface area (Å²) in [5.41, 5.74) is 0.500. The van der Waals surface area contributed by atoms with Crippen LogP contribution >= 0.6 is 21.6 Å². The van der Waals surface area contributed by atoms with Gasteiger partial charge in [-0.3, -0.25) is 9.59 Å². The minimum absolute atomic E-state index is 0.118. The van der Waals surface area contributed by atoms with Gasteiger partial charge in [0.05, 0.1) is 10.8 Å². The molecule has 1 rings (SSSR count). The van der Waals surface area contributed by atoms with E-state index >= 15 is 0 Å². The van der Waals surface area contributed by atoms with Crippen molar-refractivity contribution >= 4 is 32.7 Å². The minimum Gasteiger partial charge on any atom is -0.481 e. The lowest BCUT2D eigenvalue weighted by Crippen LogP contribution is -2.25. The van der Waals surface area contributed by atoms with Crippen molar-refractivity contribution in [3.8, 4) is 6.07 Å². The largest absolute Gasteiger partial charge is 0.481 e. The number of carbonyl (C=O) groups excluding carboxylic acids is 1. The zero-order valence-electron chi connectivity index (χ0n) is 10.4. The van der Waals surface area contributed by atoms with E-state index in [0.717, 1.165) is 0 Å². The second kappa shape index (κ2) is 6.64. The van der Waals surface area contributed by atoms with Crippen LogP contribution < -0.4 is 0 Å². The second-order valence-electron chi connectivity index (χ2n) is 4.26. The van der Waals surface area contributed by atoms with Crippen molar-refractivity contribution in [3.63, 3.8) is 0 Å². The van der Waals surface area contributed by atoms with Crippen LogP contribution in [0.5, 0.6) is 0 Å². The highest BCUT2D eigenvalue weighted by Crippen LogP contribution is 2.49. The topological polar surface area (TPSA) is 78.2 Å². The molecule has 0 saturated heterocycles. The van der Waals surface area contributed by atoms with Crippen molar-refractivity contribution in [2.45, 2.75) is 24.5 Å². The molecule has 1 N–H and O–H groups in total. The molecule has 0 aliphatic carbocycles. The van der Waals surface area contributed by atoms with Crippen molar-refractivity contribution in [3.05, 3.63) is 35.9 Å². The fourth-order valence-corrected chi connectivity index (χ4v) is 3.53. The molecule has 0 fully saturated rings. The molecule has 0 bridgehead atoms. The standard InChI is InChI=1S/C13H15NO3S2/c1-13(9-14,8-7-11(15)16)19(18)12(17)10-5-3-2-4-6-10/h2-6,18-19H,7-8H2,1H3,(H,15,16). The summed E-state index contributed by atoms with van der Waals surface area (Å²) in [5, 5.41) is 17.7. The van der Waals surface area contributed by atoms with Crippen LogP contribution in [0.2, 0.25) is 0 Å². The zero-order valence-corrected chi connectivity index (χ0v) is 12.2. The minimum atomic E-state index is -1.56. The first kappa shape index (κ1) is 15.6. The molecule has 0 saturated carbocycles. The maximum atomic E-state index is 12.2. The predicted molar refractivity (Wildman–Crippen MR) is 79.6 cm³/mol. The summed E-state index contributed by atoms with van der Waals surface area (Å²) in [4.78, 5) is 22.9. The number of hydrogen-bond donors (Lipinski definition) is 3. The van der Waals surface area contributed by atoms with Gasteiger partial charge < -0.3 is 5.11 Å². The van der Waals surface area contributed by atoms with Gasteiger partial charge in [0.2, 0.25) is 5.12 Å². The first-order valence-corrected chi connectivity index (χ1v) is 8.11. The van der Waals surface area contributed by atoms with Gasteiger partial charge in [-0.25, -0.2) is 0 Å². The smallest absolute Gasteiger partial charge is 0.303 e. The van der Waals surface area contributed by atoms with Crippen LogP contribution in [0.25, 0.3) is 0 Å². The lowest BCUT2D eigenvalue weighted by Gasteiger charge is -2.29. The molecule has 0 spiro atoms. The van der Waals surface area contributed by atoms with Gasteiger partial charge in [0.15, 0.2) is 0 Å². The number of carbonyl (C=O) groups is 2. The first-order valence-electron chi connectivity index (χ1n) is 5.62. The molecule has 102 valence electrons. The molecular formula is C13H15NO3S2. The summed E-state index contributed by atoms with van der Waals surface area (Å²) in [6.45, 7) is 1.59. The van der Waals surface area contributed by atoms with E-state index in [9.17, 15) is 14.9 Å². The summed E-state index contributed by atoms with van der Waals surface area (Å²) < 4.78 is -1.04. The van der Waals surface area contributed by atoms with Crippen molar-refractivity contribution < 1.29 is 14.7 Å². The fraction of sp³-hybridized carbons (Fsp3) is 0.308. The summed E-state index contributed by atoms with van der Waals surface area (Å²) >= 11 is 4.30. The Kier molecular flexibility index (Phi) is 5.45. The third-order valence-corrected chi connectivity index (χ3v) is 6.52. The quantitative estimate of drug-likeness (QED) is 0.577. The number of nitrogens with zero attached hydrogens (tertiary/aromatic N) is 1. The van der Waals surface area contributed by atoms with Crippen molar-refractivity contribution in [1.82, 2.24) is 0 Å². The van der Waals surface area contributed by atoms with E-state index in [1.165, 1.54) is 0 Å². The van der Waals surface area contributed by atoms with Gasteiger partial charge in [-0.05, 0) is 13.3 Å². The van der Waals surface area contributed by atoms with Crippen LogP contribution in [0, 0.1) is 11.3 Å². The van der Waals surface area contributed by atoms with Crippen LogP contribution in [-0.4, -0.2) is 20.9 Å². The normalized spacial score (nSPS) is 15.9. The Labute approximate surface area is 119 Å². The van der Waals surface area contributed by atoms with Gasteiger partial charge >= 0.3 is 5.97 Å². The number of carboxylic acids is 1. The fourth-order valence-electron chi connectivity index (χ4n) is 1.49. The second-order valence-corrected chi connectivity index (χ2v) is 7.48. The van der Waals surface area contributed by atoms with E-state index in [-0.39, 0.29) is 18.0 Å². The van der Waals surface area contributed by atoms with E-state index in [1.54, 1.807) is 37.3 Å². The number of nitriles is 1. The van der Waals surface area contributed by atoms with Crippen LogP contribution in [0.3, 0.4) is 0 Å². The lowest BCUT2D eigenvalue weighted by molar-refractivity contribution is -0.137. The number of rotatable bonds is 5. The molecule has 6 heteroatoms. The molecule has 0 aliphatic heterocycles. The van der Waals surface area contributed by atoms with E-state index in [2.05, 4.69) is 17.7 Å². The van der Waals surface area contributed by atoms with Gasteiger partial charge in [0.1, 0.15) is 0 Å². The van der Waals surface area contributed by atoms with Gasteiger partial charge in [0, 0.05) is 12.0 Å². The van der Waals surface area contributed by atoms with E-state index in [1.807, 2.05) is 0 Å². The highest BCUT2D eigenvalue weighted by Gasteiger charge is 2.34. The monoisotopic (exact) mass is 297 g/mol. The van der Waals surface area contributed by atoms with Crippen molar-refractivity contribution in [2.75, 3.05) is 0 Å². The number of aliphatic carboxylic acids is 1. The van der Waals surface area contributed by atoms with Crippen molar-refractivity contribution in [1.29, 1.82) is 5.26 Å². The Hall–Kier alpha value is -1.45. The summed E-state index contributed by atoms with van der Waals surface area (Å²) in [5.74, 6) is -0.981. The Balaban J connectivity index is 2.90. The number of carboxylic acid groups (broad SMARTS) is 1. The van der Waals surface area contributed by atoms with Crippen molar-refractivity contribution in [2.24, 2.45) is 0 Å². The SMILES string of the molecule is CC(C#N)(CCC(=O)O)[SH](S)C(=O)c1ccccc1. The van der Waals surface area contributed by atoms with Gasteiger partial charge in [-0.1, -0.05) is 30.3 Å². The molecule has 1 aromatic rings. The molecule has 0 aromatic heterocycles. The van der Waals surface area contributed by atoms with Gasteiger partial charge in [-0.15, -0.1) is 21.6 Å². The van der Waals surface area contributed by atoms with Crippen LogP contribution in [-0.2, 0) is 4.79 Å². The number of hydrogen-bond acceptors (Lipinski definition) is 4. The summed E-state index contributed by atoms with van der Waals surface area (Å²) in [7, 11) is -1.56. The Morgan fingerprint density at radius 1 is 1.42 bits per heavy atom. The molecule has 4 nitrogen and oxygen atoms in total. The highest BCUT2D eigenvalue weighted by atomic mass is 33.1. The number of benzene rings is 1. The molecule has 0 aliphatic rings. The van der Waals surface area contributed by atoms with E-state index < -0.39 is 20.6 Å².